The van der Waals surface area contributed by atoms with Gasteiger partial charge in [-0.1, -0.05) is 6.08 Å². The minimum atomic E-state index is -5.37. The van der Waals surface area contributed by atoms with E-state index in [1.165, 1.54) is 28.2 Å². The van der Waals surface area contributed by atoms with Gasteiger partial charge in [0, 0.05) is 18.0 Å². The lowest BCUT2D eigenvalue weighted by molar-refractivity contribution is -0.115. The zero-order chi connectivity index (χ0) is 32.0. The van der Waals surface area contributed by atoms with Crippen LogP contribution in [0.25, 0.3) is 11.2 Å². The van der Waals surface area contributed by atoms with E-state index in [4.69, 9.17) is 30.0 Å². The molecule has 5 rings (SSSR count). The van der Waals surface area contributed by atoms with Crippen LogP contribution in [0.5, 0.6) is 0 Å². The Labute approximate surface area is 247 Å². The Morgan fingerprint density at radius 2 is 1.55 bits per heavy atom. The van der Waals surface area contributed by atoms with Crippen LogP contribution in [0, 0.1) is 0 Å². The van der Waals surface area contributed by atoms with Gasteiger partial charge in [0.25, 0.3) is 0 Å². The lowest BCUT2D eigenvalue weighted by Crippen LogP contribution is -2.40. The first-order chi connectivity index (χ1) is 20.7. The zero-order valence-electron chi connectivity index (χ0n) is 22.4. The summed E-state index contributed by atoms with van der Waals surface area (Å²) in [4.78, 5) is 44.6. The highest BCUT2D eigenvalue weighted by molar-refractivity contribution is 7.61. The quantitative estimate of drug-likeness (QED) is 0.113. The Kier molecular flexibility index (Phi) is 9.23. The topological polar surface area (TPSA) is 318 Å². The molecule has 0 aromatic carbocycles. The van der Waals surface area contributed by atoms with Crippen molar-refractivity contribution >= 4 is 38.5 Å². The number of ether oxygens (including phenoxy) is 2. The second kappa shape index (κ2) is 12.5. The van der Waals surface area contributed by atoms with Crippen LogP contribution in [0.1, 0.15) is 12.6 Å². The van der Waals surface area contributed by atoms with Gasteiger partial charge < -0.3 is 56.1 Å². The minimum Gasteiger partial charge on any atom is -0.387 e. The van der Waals surface area contributed by atoms with Crippen LogP contribution >= 0.6 is 15.6 Å². The number of phosphoric acid groups is 2. The SMILES string of the molecule is NC(=O)C1=CN([C@@H]2O[C@H](COP(=O)(O)OP(=O)(O)OC[C@@H]3O[C@H](n4cnc5c(N)ncnc54)[C@@H](O)[C@H]3O)[C@@H](O)[C@H]2O)C=CC1. The molecule has 23 heteroatoms. The smallest absolute Gasteiger partial charge is 0.387 e. The molecular formula is C21H29N7O14P2. The number of allylic oxidation sites excluding steroid dienone is 1. The van der Waals surface area contributed by atoms with Crippen LogP contribution in [0.4, 0.5) is 5.82 Å². The van der Waals surface area contributed by atoms with E-state index >= 15 is 0 Å². The molecule has 0 saturated carbocycles. The summed E-state index contributed by atoms with van der Waals surface area (Å²) >= 11 is 0. The highest BCUT2D eigenvalue weighted by atomic mass is 31.3. The summed E-state index contributed by atoms with van der Waals surface area (Å²) in [5.74, 6) is -0.658. The van der Waals surface area contributed by atoms with E-state index in [2.05, 4.69) is 19.3 Å². The van der Waals surface area contributed by atoms with Crippen LogP contribution in [0.3, 0.4) is 0 Å². The third kappa shape index (κ3) is 6.70. The fourth-order valence-corrected chi connectivity index (χ4v) is 6.77. The molecule has 21 nitrogen and oxygen atoms in total. The van der Waals surface area contributed by atoms with E-state index in [-0.39, 0.29) is 29.0 Å². The van der Waals surface area contributed by atoms with Crippen molar-refractivity contribution in [1.82, 2.24) is 24.4 Å². The highest BCUT2D eigenvalue weighted by Gasteiger charge is 2.48. The van der Waals surface area contributed by atoms with Crippen molar-refractivity contribution in [3.8, 4) is 0 Å². The lowest BCUT2D eigenvalue weighted by Gasteiger charge is -2.28. The average Bonchev–Trinajstić information content (AvgIpc) is 3.61. The summed E-state index contributed by atoms with van der Waals surface area (Å²) in [6.45, 7) is -1.79. The molecule has 1 amide bonds. The molecule has 0 aliphatic carbocycles. The molecule has 0 spiro atoms. The maximum atomic E-state index is 12.4. The summed E-state index contributed by atoms with van der Waals surface area (Å²) < 4.78 is 50.8. The molecule has 0 bridgehead atoms. The molecule has 5 heterocycles. The Balaban J connectivity index is 1.15. The monoisotopic (exact) mass is 665 g/mol. The molecule has 2 aromatic rings. The Morgan fingerprint density at radius 3 is 2.16 bits per heavy atom. The number of anilines is 1. The molecular weight excluding hydrogens is 636 g/mol. The number of nitrogens with two attached hydrogens (primary N) is 2. The molecule has 2 unspecified atom stereocenters. The number of fused-ring (bicyclic) bond motifs is 1. The lowest BCUT2D eigenvalue weighted by atomic mass is 10.1. The number of hydrogen-bond donors (Lipinski definition) is 8. The molecule has 3 aliphatic rings. The maximum Gasteiger partial charge on any atom is 0.481 e. The molecule has 10 atom stereocenters. The van der Waals surface area contributed by atoms with Crippen molar-refractivity contribution in [1.29, 1.82) is 0 Å². The van der Waals surface area contributed by atoms with Crippen LogP contribution in [0.15, 0.2) is 36.7 Å². The van der Waals surface area contributed by atoms with Gasteiger partial charge in [0.05, 0.1) is 19.5 Å². The maximum absolute atomic E-state index is 12.4. The fraction of sp³-hybridized carbons (Fsp3) is 0.524. The largest absolute Gasteiger partial charge is 0.481 e. The first-order valence-corrected chi connectivity index (χ1v) is 15.7. The number of carbonyl (C=O) groups is 1. The van der Waals surface area contributed by atoms with E-state index in [0.29, 0.717) is 0 Å². The van der Waals surface area contributed by atoms with E-state index in [1.54, 1.807) is 6.08 Å². The molecule has 242 valence electrons. The highest BCUT2D eigenvalue weighted by Crippen LogP contribution is 2.60. The molecule has 0 radical (unpaired) electrons. The van der Waals surface area contributed by atoms with Gasteiger partial charge in [0.15, 0.2) is 23.9 Å². The van der Waals surface area contributed by atoms with Gasteiger partial charge in [0.1, 0.15) is 48.5 Å². The number of imidazole rings is 1. The van der Waals surface area contributed by atoms with Crippen LogP contribution in [-0.4, -0.2) is 117 Å². The zero-order valence-corrected chi connectivity index (χ0v) is 24.2. The van der Waals surface area contributed by atoms with E-state index in [9.17, 15) is 44.1 Å². The molecule has 2 aromatic heterocycles. The van der Waals surface area contributed by atoms with Gasteiger partial charge in [-0.3, -0.25) is 18.4 Å². The number of aliphatic hydroxyl groups is 4. The minimum absolute atomic E-state index is 0.0517. The first kappa shape index (κ1) is 32.5. The van der Waals surface area contributed by atoms with Crippen molar-refractivity contribution < 1.29 is 67.0 Å². The van der Waals surface area contributed by atoms with E-state index < -0.39 is 83.8 Å². The molecule has 44 heavy (non-hydrogen) atoms. The Hall–Kier alpha value is -2.88. The van der Waals surface area contributed by atoms with Crippen LogP contribution in [-0.2, 0) is 36.8 Å². The van der Waals surface area contributed by atoms with Crippen molar-refractivity contribution in [2.75, 3.05) is 18.9 Å². The number of carbonyl (C=O) groups excluding carboxylic acids is 1. The molecule has 2 fully saturated rings. The number of phosphoric ester groups is 2. The van der Waals surface area contributed by atoms with Crippen molar-refractivity contribution in [3.63, 3.8) is 0 Å². The third-order valence-electron chi connectivity index (χ3n) is 6.88. The third-order valence-corrected chi connectivity index (χ3v) is 9.48. The second-order valence-electron chi connectivity index (χ2n) is 9.84. The van der Waals surface area contributed by atoms with Gasteiger partial charge in [-0.2, -0.15) is 4.31 Å². The average molecular weight is 665 g/mol. The molecule has 2 saturated heterocycles. The van der Waals surface area contributed by atoms with Crippen molar-refractivity contribution in [3.05, 3.63) is 36.7 Å². The predicted octanol–water partition coefficient (Wildman–Crippen LogP) is -2.69. The van der Waals surface area contributed by atoms with E-state index in [1.807, 2.05) is 0 Å². The number of amides is 1. The molecule has 3 aliphatic heterocycles. The molecule has 10 N–H and O–H groups in total. The van der Waals surface area contributed by atoms with E-state index in [0.717, 1.165) is 6.33 Å². The van der Waals surface area contributed by atoms with Gasteiger partial charge in [-0.25, -0.2) is 24.1 Å². The predicted molar refractivity (Wildman–Crippen MR) is 142 cm³/mol. The second-order valence-corrected chi connectivity index (χ2v) is 12.9. The fourth-order valence-electron chi connectivity index (χ4n) is 4.68. The van der Waals surface area contributed by atoms with Gasteiger partial charge >= 0.3 is 15.6 Å². The standard InChI is InChI=1S/C21H29N7O14P2/c22-17-12-19(25-7-24-17)28(8-26-12)21-16(32)14(30)11(41-21)6-39-44(36,37)42-43(34,35)38-5-10-13(29)15(31)20(40-10)27-3-1-2-9(4-27)18(23)33/h1,3-4,7-8,10-11,13-16,20-21,29-32H,2,5-6H2,(H2,23,33)(H,34,35)(H,36,37)(H2,22,24,25)/t10-,11+,13-,14+,15-,16+,20-,21+/m1/s1. The van der Waals surface area contributed by atoms with Crippen LogP contribution < -0.4 is 11.5 Å². The summed E-state index contributed by atoms with van der Waals surface area (Å²) in [5.41, 5.74) is 11.6. The van der Waals surface area contributed by atoms with Gasteiger partial charge in [0.2, 0.25) is 5.91 Å². The first-order valence-electron chi connectivity index (χ1n) is 12.7. The van der Waals surface area contributed by atoms with Crippen molar-refractivity contribution in [2.24, 2.45) is 5.73 Å². The van der Waals surface area contributed by atoms with Gasteiger partial charge in [-0.15, -0.1) is 0 Å². The summed E-state index contributed by atoms with van der Waals surface area (Å²) in [6, 6.07) is 0. The summed E-state index contributed by atoms with van der Waals surface area (Å²) in [6.07, 6.45) is -4.88. The number of aliphatic hydroxyl groups excluding tert-OH is 4. The summed E-state index contributed by atoms with van der Waals surface area (Å²) in [5, 5.41) is 41.6. The Bertz CT molecular complexity index is 1560. The number of aromatic nitrogens is 4. The number of hydrogen-bond acceptors (Lipinski definition) is 17. The number of rotatable bonds is 11. The van der Waals surface area contributed by atoms with Crippen LogP contribution in [0.2, 0.25) is 0 Å². The summed E-state index contributed by atoms with van der Waals surface area (Å²) in [7, 11) is -10.7. The van der Waals surface area contributed by atoms with Gasteiger partial charge in [-0.05, 0) is 6.42 Å². The van der Waals surface area contributed by atoms with Crippen molar-refractivity contribution in [2.45, 2.75) is 55.5 Å². The number of nitrogens with zero attached hydrogens (tertiary/aromatic N) is 5. The number of nitrogen functional groups attached to an aromatic ring is 1. The Morgan fingerprint density at radius 1 is 0.955 bits per heavy atom. The normalized spacial score (nSPS) is 33.3. The number of primary amides is 1.